The van der Waals surface area contributed by atoms with Crippen molar-refractivity contribution in [3.8, 4) is 40.1 Å². The fraction of sp³-hybridized carbons (Fsp3) is 0.160. The molecular weight excluding hydrogens is 491 g/mol. The number of hydrogen-bond acceptors (Lipinski definition) is 7. The van der Waals surface area contributed by atoms with Crippen molar-refractivity contribution in [2.75, 3.05) is 33.8 Å². The Morgan fingerprint density at radius 3 is 2.28 bits per heavy atom. The van der Waals surface area contributed by atoms with E-state index in [2.05, 4.69) is 15.4 Å². The minimum atomic E-state index is -0.592. The van der Waals surface area contributed by atoms with E-state index >= 15 is 0 Å². The quantitative estimate of drug-likeness (QED) is 0.354. The molecule has 0 aliphatic heterocycles. The predicted octanol–water partition coefficient (Wildman–Crippen LogP) is 5.01. The Bertz CT molecular complexity index is 1400. The van der Waals surface area contributed by atoms with Crippen LogP contribution >= 0.6 is 11.6 Å². The maximum absolute atomic E-state index is 13.9. The second kappa shape index (κ2) is 10.5. The summed E-state index contributed by atoms with van der Waals surface area (Å²) in [6, 6.07) is 14.2. The van der Waals surface area contributed by atoms with Crippen molar-refractivity contribution in [1.82, 2.24) is 14.8 Å². The molecule has 0 radical (unpaired) electrons. The summed E-state index contributed by atoms with van der Waals surface area (Å²) in [5.74, 6) is 0.673. The zero-order valence-electron chi connectivity index (χ0n) is 19.8. The van der Waals surface area contributed by atoms with Gasteiger partial charge in [0, 0.05) is 17.3 Å². The molecule has 1 aromatic heterocycles. The number of nitrogens with one attached hydrogen (secondary N) is 1. The van der Waals surface area contributed by atoms with Crippen molar-refractivity contribution in [2.45, 2.75) is 0 Å². The lowest BCUT2D eigenvalue weighted by atomic mass is 10.1. The van der Waals surface area contributed by atoms with Crippen LogP contribution in [0.4, 0.5) is 10.1 Å². The van der Waals surface area contributed by atoms with Crippen LogP contribution in [-0.2, 0) is 0 Å². The van der Waals surface area contributed by atoms with Crippen molar-refractivity contribution in [2.24, 2.45) is 0 Å². The summed E-state index contributed by atoms with van der Waals surface area (Å²) in [5.41, 5.74) is 1.38. The molecule has 0 unspecified atom stereocenters. The Morgan fingerprint density at radius 1 is 0.944 bits per heavy atom. The molecule has 4 rings (SSSR count). The normalized spacial score (nSPS) is 10.6. The molecule has 0 aliphatic carbocycles. The molecule has 1 amide bonds. The highest BCUT2D eigenvalue weighted by atomic mass is 35.5. The minimum absolute atomic E-state index is 0.110. The third-order valence-corrected chi connectivity index (χ3v) is 5.50. The summed E-state index contributed by atoms with van der Waals surface area (Å²) < 4.78 is 36.7. The van der Waals surface area contributed by atoms with Gasteiger partial charge in [-0.15, -0.1) is 5.10 Å². The number of carbonyl (C=O) groups excluding carboxylic acids is 1. The molecule has 4 aromatic rings. The highest BCUT2D eigenvalue weighted by molar-refractivity contribution is 6.30. The van der Waals surface area contributed by atoms with E-state index in [1.54, 1.807) is 36.4 Å². The van der Waals surface area contributed by atoms with Crippen LogP contribution in [0.15, 0.2) is 54.6 Å². The van der Waals surface area contributed by atoms with Gasteiger partial charge in [0.1, 0.15) is 11.6 Å². The first kappa shape index (κ1) is 24.8. The predicted molar refractivity (Wildman–Crippen MR) is 132 cm³/mol. The molecule has 36 heavy (non-hydrogen) atoms. The Labute approximate surface area is 211 Å². The lowest BCUT2D eigenvalue weighted by Gasteiger charge is -2.14. The van der Waals surface area contributed by atoms with Crippen molar-refractivity contribution in [1.29, 1.82) is 0 Å². The number of nitrogens with zero attached hydrogens (tertiary/aromatic N) is 3. The van der Waals surface area contributed by atoms with E-state index in [0.29, 0.717) is 39.9 Å². The standard InChI is InChI=1S/C25H22ClFN4O5/c1-33-17-7-5-6-15(12-17)28-25(32)23-29-24(31(30-23)16-8-9-19(27)18(26)13-16)14-10-20(34-2)22(36-4)21(11-14)35-3/h5-13H,1-4H3,(H,28,32). The maximum Gasteiger partial charge on any atom is 0.295 e. The van der Waals surface area contributed by atoms with Gasteiger partial charge in [0.15, 0.2) is 17.3 Å². The second-order valence-corrected chi connectivity index (χ2v) is 7.78. The van der Waals surface area contributed by atoms with Crippen molar-refractivity contribution in [3.63, 3.8) is 0 Å². The van der Waals surface area contributed by atoms with Crippen LogP contribution in [0.1, 0.15) is 10.6 Å². The minimum Gasteiger partial charge on any atom is -0.497 e. The molecule has 11 heteroatoms. The number of hydrogen-bond donors (Lipinski definition) is 1. The number of methoxy groups -OCH3 is 4. The van der Waals surface area contributed by atoms with E-state index in [1.807, 2.05) is 0 Å². The largest absolute Gasteiger partial charge is 0.497 e. The molecule has 3 aromatic carbocycles. The average molecular weight is 513 g/mol. The third kappa shape index (κ3) is 4.89. The summed E-state index contributed by atoms with van der Waals surface area (Å²) in [5, 5.41) is 7.03. The first-order chi connectivity index (χ1) is 17.4. The molecular formula is C25H22ClFN4O5. The van der Waals surface area contributed by atoms with Gasteiger partial charge in [0.2, 0.25) is 11.6 Å². The topological polar surface area (TPSA) is 96.7 Å². The number of aromatic nitrogens is 3. The average Bonchev–Trinajstić information content (AvgIpc) is 3.35. The van der Waals surface area contributed by atoms with Crippen molar-refractivity contribution < 1.29 is 28.1 Å². The SMILES string of the molecule is COc1cccc(NC(=O)c2nc(-c3cc(OC)c(OC)c(OC)c3)n(-c3ccc(F)c(Cl)c3)n2)c1. The Balaban J connectivity index is 1.84. The van der Waals surface area contributed by atoms with Crippen LogP contribution in [0.3, 0.4) is 0 Å². The van der Waals surface area contributed by atoms with Gasteiger partial charge in [-0.05, 0) is 42.5 Å². The monoisotopic (exact) mass is 512 g/mol. The molecule has 0 atom stereocenters. The van der Waals surface area contributed by atoms with Gasteiger partial charge in [-0.1, -0.05) is 17.7 Å². The van der Waals surface area contributed by atoms with Crippen LogP contribution < -0.4 is 24.3 Å². The van der Waals surface area contributed by atoms with Gasteiger partial charge < -0.3 is 24.3 Å². The molecule has 0 saturated heterocycles. The van der Waals surface area contributed by atoms with E-state index in [-0.39, 0.29) is 16.7 Å². The highest BCUT2D eigenvalue weighted by Gasteiger charge is 2.23. The first-order valence-corrected chi connectivity index (χ1v) is 10.9. The van der Waals surface area contributed by atoms with Gasteiger partial charge in [0.05, 0.1) is 39.1 Å². The molecule has 0 spiro atoms. The Morgan fingerprint density at radius 2 is 1.67 bits per heavy atom. The number of rotatable bonds is 8. The molecule has 0 bridgehead atoms. The van der Waals surface area contributed by atoms with Gasteiger partial charge in [-0.3, -0.25) is 4.79 Å². The Kier molecular flexibility index (Phi) is 7.25. The number of benzene rings is 3. The highest BCUT2D eigenvalue weighted by Crippen LogP contribution is 2.41. The molecule has 186 valence electrons. The molecule has 0 saturated carbocycles. The summed E-state index contributed by atoms with van der Waals surface area (Å²) in [4.78, 5) is 17.5. The summed E-state index contributed by atoms with van der Waals surface area (Å²) in [6.45, 7) is 0. The van der Waals surface area contributed by atoms with Crippen LogP contribution in [0.25, 0.3) is 17.1 Å². The number of anilines is 1. The van der Waals surface area contributed by atoms with Gasteiger partial charge in [0.25, 0.3) is 5.91 Å². The number of carbonyl (C=O) groups is 1. The molecule has 0 aliphatic rings. The molecule has 1 N–H and O–H groups in total. The maximum atomic E-state index is 13.9. The summed E-state index contributed by atoms with van der Waals surface area (Å²) in [7, 11) is 5.99. The Hall–Kier alpha value is -4.31. The molecule has 0 fully saturated rings. The fourth-order valence-corrected chi connectivity index (χ4v) is 3.66. The van der Waals surface area contributed by atoms with Crippen molar-refractivity contribution >= 4 is 23.2 Å². The van der Waals surface area contributed by atoms with Crippen LogP contribution in [0.5, 0.6) is 23.0 Å². The number of halogens is 2. The van der Waals surface area contributed by atoms with E-state index in [1.165, 1.54) is 51.3 Å². The number of amides is 1. The van der Waals surface area contributed by atoms with E-state index < -0.39 is 11.7 Å². The van der Waals surface area contributed by atoms with Gasteiger partial charge >= 0.3 is 0 Å². The van der Waals surface area contributed by atoms with Crippen LogP contribution in [0.2, 0.25) is 5.02 Å². The third-order valence-electron chi connectivity index (χ3n) is 5.21. The molecule has 9 nitrogen and oxygen atoms in total. The second-order valence-electron chi connectivity index (χ2n) is 7.37. The summed E-state index contributed by atoms with van der Waals surface area (Å²) in [6.07, 6.45) is 0. The van der Waals surface area contributed by atoms with Crippen LogP contribution in [-0.4, -0.2) is 49.1 Å². The summed E-state index contributed by atoms with van der Waals surface area (Å²) >= 11 is 6.02. The van der Waals surface area contributed by atoms with Gasteiger partial charge in [-0.25, -0.2) is 14.1 Å². The van der Waals surface area contributed by atoms with E-state index in [9.17, 15) is 9.18 Å². The smallest absolute Gasteiger partial charge is 0.295 e. The van der Waals surface area contributed by atoms with Crippen molar-refractivity contribution in [3.05, 3.63) is 71.3 Å². The zero-order chi connectivity index (χ0) is 25.8. The number of ether oxygens (including phenoxy) is 4. The molecule has 1 heterocycles. The lowest BCUT2D eigenvalue weighted by molar-refractivity contribution is 0.101. The zero-order valence-corrected chi connectivity index (χ0v) is 20.6. The van der Waals surface area contributed by atoms with Crippen LogP contribution in [0, 0.1) is 5.82 Å². The lowest BCUT2D eigenvalue weighted by Crippen LogP contribution is -2.14. The van der Waals surface area contributed by atoms with E-state index in [4.69, 9.17) is 30.5 Å². The van der Waals surface area contributed by atoms with E-state index in [0.717, 1.165) is 0 Å². The first-order valence-electron chi connectivity index (χ1n) is 10.6. The fourth-order valence-electron chi connectivity index (χ4n) is 3.49. The van der Waals surface area contributed by atoms with Gasteiger partial charge in [-0.2, -0.15) is 0 Å².